The van der Waals surface area contributed by atoms with Crippen molar-refractivity contribution in [1.29, 1.82) is 0 Å². The first kappa shape index (κ1) is 16.1. The number of ether oxygens (including phenoxy) is 1. The van der Waals surface area contributed by atoms with Gasteiger partial charge < -0.3 is 15.2 Å². The van der Waals surface area contributed by atoms with Crippen LogP contribution in [0.15, 0.2) is 0 Å². The lowest BCUT2D eigenvalue weighted by Gasteiger charge is -2.13. The van der Waals surface area contributed by atoms with Gasteiger partial charge in [-0.05, 0) is 24.9 Å². The number of carbonyl (C=O) groups excluding carboxylic acids is 1. The molecular weight excluding hydrogens is 242 g/mol. The molecule has 0 aromatic heterocycles. The molecule has 0 aromatic rings. The molecule has 0 aliphatic heterocycles. The summed E-state index contributed by atoms with van der Waals surface area (Å²) in [5, 5.41) is 11.2. The first-order valence-corrected chi connectivity index (χ1v) is 7.16. The molecule has 17 heavy (non-hydrogen) atoms. The first-order valence-electron chi connectivity index (χ1n) is 5.76. The molecule has 0 saturated heterocycles. The fourth-order valence-electron chi connectivity index (χ4n) is 1.19. The standard InChI is InChI=1S/C11H21NO4S/c1-3-4-5-7-16-11(15)12-9(10(13)14)6-8-17-2/h9H,3-8H2,1-2H3,(H,12,15)(H,13,14). The van der Waals surface area contributed by atoms with Crippen LogP contribution in [0.1, 0.15) is 32.6 Å². The van der Waals surface area contributed by atoms with Crippen LogP contribution in [-0.4, -0.2) is 41.8 Å². The van der Waals surface area contributed by atoms with Crippen LogP contribution in [0.2, 0.25) is 0 Å². The Morgan fingerprint density at radius 3 is 2.65 bits per heavy atom. The van der Waals surface area contributed by atoms with Crippen molar-refractivity contribution in [2.24, 2.45) is 0 Å². The summed E-state index contributed by atoms with van der Waals surface area (Å²) in [6.45, 7) is 2.40. The Morgan fingerprint density at radius 2 is 2.12 bits per heavy atom. The Hall–Kier alpha value is -0.910. The summed E-state index contributed by atoms with van der Waals surface area (Å²) < 4.78 is 4.88. The van der Waals surface area contributed by atoms with E-state index in [1.165, 1.54) is 0 Å². The van der Waals surface area contributed by atoms with E-state index in [2.05, 4.69) is 12.2 Å². The number of thioether (sulfide) groups is 1. The van der Waals surface area contributed by atoms with Crippen molar-refractivity contribution in [2.75, 3.05) is 18.6 Å². The molecule has 5 nitrogen and oxygen atoms in total. The van der Waals surface area contributed by atoms with E-state index in [-0.39, 0.29) is 0 Å². The summed E-state index contributed by atoms with van der Waals surface area (Å²) in [4.78, 5) is 22.1. The molecule has 0 aromatic carbocycles. The molecule has 0 heterocycles. The number of nitrogens with one attached hydrogen (secondary N) is 1. The molecule has 0 spiro atoms. The summed E-state index contributed by atoms with van der Waals surface area (Å²) in [6, 6.07) is -0.860. The zero-order chi connectivity index (χ0) is 13.1. The van der Waals surface area contributed by atoms with Gasteiger partial charge in [0.05, 0.1) is 6.61 Å². The number of carbonyl (C=O) groups is 2. The number of hydrogen-bond donors (Lipinski definition) is 2. The molecule has 0 aliphatic rings. The normalized spacial score (nSPS) is 11.9. The highest BCUT2D eigenvalue weighted by atomic mass is 32.2. The number of carboxylic acids is 1. The van der Waals surface area contributed by atoms with Gasteiger partial charge in [0.15, 0.2) is 0 Å². The van der Waals surface area contributed by atoms with Crippen LogP contribution < -0.4 is 5.32 Å². The van der Waals surface area contributed by atoms with Crippen LogP contribution >= 0.6 is 11.8 Å². The molecular formula is C11H21NO4S. The molecule has 2 N–H and O–H groups in total. The van der Waals surface area contributed by atoms with Crippen molar-refractivity contribution >= 4 is 23.8 Å². The van der Waals surface area contributed by atoms with Crippen LogP contribution in [0.25, 0.3) is 0 Å². The van der Waals surface area contributed by atoms with E-state index < -0.39 is 18.1 Å². The molecule has 0 fully saturated rings. The monoisotopic (exact) mass is 263 g/mol. The predicted molar refractivity (Wildman–Crippen MR) is 68.4 cm³/mol. The third kappa shape index (κ3) is 8.85. The number of amides is 1. The molecule has 0 saturated carbocycles. The van der Waals surface area contributed by atoms with Gasteiger partial charge in [-0.3, -0.25) is 0 Å². The Morgan fingerprint density at radius 1 is 1.41 bits per heavy atom. The second-order valence-electron chi connectivity index (χ2n) is 3.66. The highest BCUT2D eigenvalue weighted by Crippen LogP contribution is 2.02. The summed E-state index contributed by atoms with van der Waals surface area (Å²) in [7, 11) is 0. The van der Waals surface area contributed by atoms with Crippen molar-refractivity contribution in [3.63, 3.8) is 0 Å². The molecule has 1 atom stereocenters. The van der Waals surface area contributed by atoms with E-state index >= 15 is 0 Å². The molecule has 0 rings (SSSR count). The number of alkyl carbamates (subject to hydrolysis) is 1. The maximum absolute atomic E-state index is 11.3. The highest BCUT2D eigenvalue weighted by molar-refractivity contribution is 7.98. The number of aliphatic carboxylic acids is 1. The van der Waals surface area contributed by atoms with Gasteiger partial charge in [0, 0.05) is 0 Å². The molecule has 0 aliphatic carbocycles. The molecule has 100 valence electrons. The summed E-state index contributed by atoms with van der Waals surface area (Å²) in [6.07, 6.45) is 4.52. The van der Waals surface area contributed by atoms with Crippen LogP contribution in [0.4, 0.5) is 4.79 Å². The average molecular weight is 263 g/mol. The smallest absolute Gasteiger partial charge is 0.407 e. The van der Waals surface area contributed by atoms with Gasteiger partial charge in [-0.15, -0.1) is 0 Å². The van der Waals surface area contributed by atoms with Gasteiger partial charge in [0.25, 0.3) is 0 Å². The van der Waals surface area contributed by atoms with Crippen LogP contribution in [0.5, 0.6) is 0 Å². The van der Waals surface area contributed by atoms with Gasteiger partial charge in [-0.1, -0.05) is 19.8 Å². The molecule has 1 unspecified atom stereocenters. The fourth-order valence-corrected chi connectivity index (χ4v) is 1.67. The van der Waals surface area contributed by atoms with Gasteiger partial charge in [0.1, 0.15) is 6.04 Å². The van der Waals surface area contributed by atoms with Crippen molar-refractivity contribution < 1.29 is 19.4 Å². The van der Waals surface area contributed by atoms with Crippen molar-refractivity contribution in [1.82, 2.24) is 5.32 Å². The number of carboxylic acid groups (broad SMARTS) is 1. The molecule has 0 bridgehead atoms. The average Bonchev–Trinajstić information content (AvgIpc) is 2.29. The largest absolute Gasteiger partial charge is 0.480 e. The minimum Gasteiger partial charge on any atom is -0.480 e. The van der Waals surface area contributed by atoms with E-state index in [1.807, 2.05) is 6.26 Å². The van der Waals surface area contributed by atoms with Gasteiger partial charge in [-0.2, -0.15) is 11.8 Å². The zero-order valence-electron chi connectivity index (χ0n) is 10.4. The molecule has 0 radical (unpaired) electrons. The van der Waals surface area contributed by atoms with E-state index in [4.69, 9.17) is 9.84 Å². The minimum absolute atomic E-state index is 0.342. The Bertz CT molecular complexity index is 236. The van der Waals surface area contributed by atoms with E-state index in [0.717, 1.165) is 19.3 Å². The Kier molecular flexibility index (Phi) is 9.71. The predicted octanol–water partition coefficient (Wildman–Crippen LogP) is 2.11. The van der Waals surface area contributed by atoms with Gasteiger partial charge in [0.2, 0.25) is 0 Å². The third-order valence-corrected chi connectivity index (χ3v) is 2.83. The number of rotatable bonds is 9. The highest BCUT2D eigenvalue weighted by Gasteiger charge is 2.19. The SMILES string of the molecule is CCCCCOC(=O)NC(CCSC)C(=O)O. The summed E-state index contributed by atoms with van der Waals surface area (Å²) in [5.41, 5.74) is 0. The lowest BCUT2D eigenvalue weighted by atomic mass is 10.2. The van der Waals surface area contributed by atoms with Crippen molar-refractivity contribution in [3.8, 4) is 0 Å². The Balaban J connectivity index is 3.83. The maximum Gasteiger partial charge on any atom is 0.407 e. The van der Waals surface area contributed by atoms with E-state index in [1.54, 1.807) is 11.8 Å². The lowest BCUT2D eigenvalue weighted by Crippen LogP contribution is -2.41. The second kappa shape index (κ2) is 10.3. The van der Waals surface area contributed by atoms with Crippen LogP contribution in [-0.2, 0) is 9.53 Å². The number of hydrogen-bond acceptors (Lipinski definition) is 4. The summed E-state index contributed by atoms with van der Waals surface area (Å²) in [5.74, 6) is -0.336. The quantitative estimate of drug-likeness (QED) is 0.623. The van der Waals surface area contributed by atoms with E-state index in [0.29, 0.717) is 18.8 Å². The first-order chi connectivity index (χ1) is 8.11. The van der Waals surface area contributed by atoms with Crippen LogP contribution in [0.3, 0.4) is 0 Å². The number of unbranched alkanes of at least 4 members (excludes halogenated alkanes) is 2. The minimum atomic E-state index is -1.02. The zero-order valence-corrected chi connectivity index (χ0v) is 11.2. The lowest BCUT2D eigenvalue weighted by molar-refractivity contribution is -0.139. The van der Waals surface area contributed by atoms with Crippen molar-refractivity contribution in [2.45, 2.75) is 38.6 Å². The topological polar surface area (TPSA) is 75.6 Å². The van der Waals surface area contributed by atoms with Gasteiger partial charge in [-0.25, -0.2) is 9.59 Å². The molecule has 1 amide bonds. The van der Waals surface area contributed by atoms with E-state index in [9.17, 15) is 9.59 Å². The third-order valence-electron chi connectivity index (χ3n) is 2.18. The van der Waals surface area contributed by atoms with Gasteiger partial charge >= 0.3 is 12.1 Å². The molecule has 6 heteroatoms. The second-order valence-corrected chi connectivity index (χ2v) is 4.65. The summed E-state index contributed by atoms with van der Waals surface area (Å²) >= 11 is 1.54. The Labute approximate surface area is 106 Å². The van der Waals surface area contributed by atoms with Crippen LogP contribution in [0, 0.1) is 0 Å². The van der Waals surface area contributed by atoms with Crippen molar-refractivity contribution in [3.05, 3.63) is 0 Å². The maximum atomic E-state index is 11.3. The fraction of sp³-hybridized carbons (Fsp3) is 0.818.